The molecule has 160 valence electrons. The van der Waals surface area contributed by atoms with Crippen molar-refractivity contribution in [3.05, 3.63) is 77.4 Å². The van der Waals surface area contributed by atoms with Gasteiger partial charge in [0, 0.05) is 5.69 Å². The van der Waals surface area contributed by atoms with Gasteiger partial charge in [0.05, 0.1) is 17.6 Å². The second-order valence-electron chi connectivity index (χ2n) is 8.68. The number of anilines is 1. The lowest BCUT2D eigenvalue weighted by molar-refractivity contribution is -0.117. The molecule has 3 heteroatoms. The van der Waals surface area contributed by atoms with E-state index in [9.17, 15) is 10.1 Å². The molecular weight excluding hydrogens is 380 g/mol. The zero-order chi connectivity index (χ0) is 22.2. The van der Waals surface area contributed by atoms with Crippen molar-refractivity contribution in [1.29, 1.82) is 5.26 Å². The molecule has 0 saturated heterocycles. The van der Waals surface area contributed by atoms with Crippen molar-refractivity contribution < 1.29 is 4.79 Å². The van der Waals surface area contributed by atoms with Gasteiger partial charge in [-0.3, -0.25) is 4.79 Å². The van der Waals surface area contributed by atoms with Gasteiger partial charge in [-0.15, -0.1) is 0 Å². The van der Waals surface area contributed by atoms with Gasteiger partial charge >= 0.3 is 0 Å². The van der Waals surface area contributed by atoms with E-state index in [-0.39, 0.29) is 11.8 Å². The molecule has 1 N–H and O–H groups in total. The molecule has 3 rings (SSSR count). The number of nitrogens with one attached hydrogen (secondary N) is 1. The van der Waals surface area contributed by atoms with Crippen molar-refractivity contribution >= 4 is 22.4 Å². The second kappa shape index (κ2) is 10.8. The summed E-state index contributed by atoms with van der Waals surface area (Å²) >= 11 is 0. The molecule has 1 unspecified atom stereocenters. The van der Waals surface area contributed by atoms with E-state index in [1.54, 1.807) is 0 Å². The van der Waals surface area contributed by atoms with Crippen LogP contribution in [-0.4, -0.2) is 5.91 Å². The lowest BCUT2D eigenvalue weighted by Gasteiger charge is -2.22. The van der Waals surface area contributed by atoms with Crippen LogP contribution in [0.3, 0.4) is 0 Å². The zero-order valence-electron chi connectivity index (χ0n) is 18.8. The summed E-state index contributed by atoms with van der Waals surface area (Å²) in [5.41, 5.74) is 3.50. The Morgan fingerprint density at radius 2 is 1.81 bits per heavy atom. The SMILES string of the molecule is CCCCCc1ccc(C#N)cc1NC(=O)C(CC(C)C)c1cccc2ccccc12. The van der Waals surface area contributed by atoms with Crippen LogP contribution in [0.5, 0.6) is 0 Å². The summed E-state index contributed by atoms with van der Waals surface area (Å²) in [7, 11) is 0. The van der Waals surface area contributed by atoms with Crippen molar-refractivity contribution in [2.45, 2.75) is 58.8 Å². The van der Waals surface area contributed by atoms with Crippen LogP contribution in [0.1, 0.15) is 69.1 Å². The minimum Gasteiger partial charge on any atom is -0.325 e. The molecule has 0 aliphatic carbocycles. The minimum absolute atomic E-state index is 0.00288. The summed E-state index contributed by atoms with van der Waals surface area (Å²) in [6.07, 6.45) is 5.04. The van der Waals surface area contributed by atoms with Crippen molar-refractivity contribution in [1.82, 2.24) is 0 Å². The van der Waals surface area contributed by atoms with Crippen molar-refractivity contribution in [2.75, 3.05) is 5.32 Å². The predicted molar refractivity (Wildman–Crippen MR) is 129 cm³/mol. The molecule has 1 amide bonds. The van der Waals surface area contributed by atoms with E-state index in [2.05, 4.69) is 56.4 Å². The standard InChI is InChI=1S/C28H32N2O/c1-4-5-6-11-23-16-15-21(19-29)18-27(23)30-28(31)26(17-20(2)3)25-14-9-12-22-10-7-8-13-24(22)25/h7-10,12-16,18,20,26H,4-6,11,17H2,1-3H3,(H,30,31). The Kier molecular flexibility index (Phi) is 7.84. The van der Waals surface area contributed by atoms with Crippen LogP contribution in [-0.2, 0) is 11.2 Å². The van der Waals surface area contributed by atoms with E-state index in [0.29, 0.717) is 11.5 Å². The Hall–Kier alpha value is -3.12. The fourth-order valence-electron chi connectivity index (χ4n) is 4.17. The normalized spacial score (nSPS) is 12.0. The van der Waals surface area contributed by atoms with E-state index in [1.165, 1.54) is 0 Å². The first-order valence-corrected chi connectivity index (χ1v) is 11.3. The molecule has 1 atom stereocenters. The van der Waals surface area contributed by atoms with Crippen LogP contribution in [0, 0.1) is 17.2 Å². The number of unbranched alkanes of at least 4 members (excludes halogenated alkanes) is 2. The van der Waals surface area contributed by atoms with E-state index >= 15 is 0 Å². The quantitative estimate of drug-likeness (QED) is 0.377. The molecule has 0 heterocycles. The molecule has 0 fully saturated rings. The summed E-state index contributed by atoms with van der Waals surface area (Å²) in [5, 5.41) is 14.8. The highest BCUT2D eigenvalue weighted by Gasteiger charge is 2.24. The summed E-state index contributed by atoms with van der Waals surface area (Å²) < 4.78 is 0. The predicted octanol–water partition coefficient (Wildman–Crippen LogP) is 7.21. The maximum absolute atomic E-state index is 13.6. The number of nitrogens with zero attached hydrogens (tertiary/aromatic N) is 1. The summed E-state index contributed by atoms with van der Waals surface area (Å²) in [6.45, 7) is 6.48. The van der Waals surface area contributed by atoms with E-state index in [4.69, 9.17) is 0 Å². The van der Waals surface area contributed by atoms with Gasteiger partial charge in [0.15, 0.2) is 0 Å². The third-order valence-corrected chi connectivity index (χ3v) is 5.77. The van der Waals surface area contributed by atoms with Gasteiger partial charge < -0.3 is 5.32 Å². The van der Waals surface area contributed by atoms with Gasteiger partial charge in [-0.25, -0.2) is 0 Å². The van der Waals surface area contributed by atoms with Crippen LogP contribution in [0.2, 0.25) is 0 Å². The number of hydrogen-bond acceptors (Lipinski definition) is 2. The van der Waals surface area contributed by atoms with Gasteiger partial charge in [0.2, 0.25) is 5.91 Å². The summed E-state index contributed by atoms with van der Waals surface area (Å²) in [4.78, 5) is 13.6. The molecular formula is C28H32N2O. The Morgan fingerprint density at radius 3 is 2.55 bits per heavy atom. The lowest BCUT2D eigenvalue weighted by Crippen LogP contribution is -2.23. The number of aryl methyl sites for hydroxylation is 1. The molecule has 3 aromatic carbocycles. The molecule has 0 aliphatic rings. The minimum atomic E-state index is -0.250. The first-order valence-electron chi connectivity index (χ1n) is 11.3. The first-order chi connectivity index (χ1) is 15.0. The highest BCUT2D eigenvalue weighted by molar-refractivity contribution is 6.00. The Balaban J connectivity index is 1.95. The maximum atomic E-state index is 13.6. The number of amides is 1. The third kappa shape index (κ3) is 5.73. The monoisotopic (exact) mass is 412 g/mol. The van der Waals surface area contributed by atoms with Gasteiger partial charge in [0.1, 0.15) is 0 Å². The maximum Gasteiger partial charge on any atom is 0.231 e. The molecule has 0 aliphatic heterocycles. The van der Waals surface area contributed by atoms with Crippen molar-refractivity contribution in [3.8, 4) is 6.07 Å². The number of carbonyl (C=O) groups excluding carboxylic acids is 1. The van der Waals surface area contributed by atoms with Crippen LogP contribution < -0.4 is 5.32 Å². The topological polar surface area (TPSA) is 52.9 Å². The number of nitriles is 1. The molecule has 0 radical (unpaired) electrons. The smallest absolute Gasteiger partial charge is 0.231 e. The van der Waals surface area contributed by atoms with Gasteiger partial charge in [-0.05, 0) is 59.2 Å². The number of benzene rings is 3. The number of hydrogen-bond donors (Lipinski definition) is 1. The molecule has 3 aromatic rings. The van der Waals surface area contributed by atoms with Gasteiger partial charge in [-0.1, -0.05) is 82.1 Å². The average Bonchev–Trinajstić information content (AvgIpc) is 2.78. The van der Waals surface area contributed by atoms with Crippen molar-refractivity contribution in [3.63, 3.8) is 0 Å². The highest BCUT2D eigenvalue weighted by atomic mass is 16.1. The average molecular weight is 413 g/mol. The van der Waals surface area contributed by atoms with E-state index in [1.807, 2.05) is 36.4 Å². The highest BCUT2D eigenvalue weighted by Crippen LogP contribution is 2.32. The van der Waals surface area contributed by atoms with E-state index in [0.717, 1.165) is 59.7 Å². The molecule has 31 heavy (non-hydrogen) atoms. The number of rotatable bonds is 9. The van der Waals surface area contributed by atoms with Gasteiger partial charge in [0.25, 0.3) is 0 Å². The largest absolute Gasteiger partial charge is 0.325 e. The zero-order valence-corrected chi connectivity index (χ0v) is 18.8. The molecule has 0 saturated carbocycles. The Labute approximate surface area is 186 Å². The molecule has 0 aromatic heterocycles. The fraction of sp³-hybridized carbons (Fsp3) is 0.357. The van der Waals surface area contributed by atoms with Crippen LogP contribution in [0.25, 0.3) is 10.8 Å². The number of carbonyl (C=O) groups is 1. The number of fused-ring (bicyclic) bond motifs is 1. The van der Waals surface area contributed by atoms with Crippen LogP contribution in [0.15, 0.2) is 60.7 Å². The second-order valence-corrected chi connectivity index (χ2v) is 8.68. The fourth-order valence-corrected chi connectivity index (χ4v) is 4.17. The Bertz CT molecular complexity index is 1070. The molecule has 0 spiro atoms. The van der Waals surface area contributed by atoms with Crippen LogP contribution >= 0.6 is 0 Å². The Morgan fingerprint density at radius 1 is 1.03 bits per heavy atom. The van der Waals surface area contributed by atoms with Gasteiger partial charge in [-0.2, -0.15) is 5.26 Å². The molecule has 0 bridgehead atoms. The molecule has 3 nitrogen and oxygen atoms in total. The third-order valence-electron chi connectivity index (χ3n) is 5.77. The summed E-state index contributed by atoms with van der Waals surface area (Å²) in [5.74, 6) is 0.126. The van der Waals surface area contributed by atoms with Crippen LogP contribution in [0.4, 0.5) is 5.69 Å². The van der Waals surface area contributed by atoms with Crippen molar-refractivity contribution in [2.24, 2.45) is 5.92 Å². The first kappa shape index (κ1) is 22.6. The lowest BCUT2D eigenvalue weighted by atomic mass is 9.86. The van der Waals surface area contributed by atoms with E-state index < -0.39 is 0 Å². The summed E-state index contributed by atoms with van der Waals surface area (Å²) in [6, 6.07) is 22.3.